The van der Waals surface area contributed by atoms with Crippen molar-refractivity contribution in [1.29, 1.82) is 0 Å². The SMILES string of the molecule is NC(=O)c1ccc(CSc2nnc(-c3ccc(Cl)cc3Cl)n2-c2ccccc2)cc1. The number of hydrogen-bond acceptors (Lipinski definition) is 4. The van der Waals surface area contributed by atoms with Gasteiger partial charge in [-0.15, -0.1) is 10.2 Å². The van der Waals surface area contributed by atoms with E-state index in [1.807, 2.05) is 53.1 Å². The first-order valence-electron chi connectivity index (χ1n) is 9.01. The Balaban J connectivity index is 1.69. The van der Waals surface area contributed by atoms with Crippen molar-refractivity contribution < 1.29 is 4.79 Å². The van der Waals surface area contributed by atoms with Crippen LogP contribution in [0.3, 0.4) is 0 Å². The minimum Gasteiger partial charge on any atom is -0.366 e. The molecule has 0 saturated carbocycles. The van der Waals surface area contributed by atoms with Crippen LogP contribution in [0.4, 0.5) is 0 Å². The Labute approximate surface area is 187 Å². The highest BCUT2D eigenvalue weighted by Crippen LogP contribution is 2.34. The number of hydrogen-bond donors (Lipinski definition) is 1. The van der Waals surface area contributed by atoms with Gasteiger partial charge in [0.25, 0.3) is 0 Å². The van der Waals surface area contributed by atoms with E-state index in [2.05, 4.69) is 10.2 Å². The number of primary amides is 1. The van der Waals surface area contributed by atoms with E-state index in [1.54, 1.807) is 24.3 Å². The second kappa shape index (κ2) is 8.92. The Morgan fingerprint density at radius 2 is 1.70 bits per heavy atom. The van der Waals surface area contributed by atoms with Gasteiger partial charge in [0.2, 0.25) is 5.91 Å². The summed E-state index contributed by atoms with van der Waals surface area (Å²) in [6, 6.07) is 22.4. The average Bonchev–Trinajstić information content (AvgIpc) is 3.17. The van der Waals surface area contributed by atoms with Gasteiger partial charge in [0.05, 0.1) is 5.02 Å². The van der Waals surface area contributed by atoms with Gasteiger partial charge in [0, 0.05) is 27.6 Å². The number of nitrogens with two attached hydrogens (primary N) is 1. The van der Waals surface area contributed by atoms with Crippen molar-refractivity contribution in [3.8, 4) is 17.1 Å². The lowest BCUT2D eigenvalue weighted by Crippen LogP contribution is -2.10. The van der Waals surface area contributed by atoms with Crippen LogP contribution in [0.5, 0.6) is 0 Å². The van der Waals surface area contributed by atoms with Gasteiger partial charge < -0.3 is 5.73 Å². The van der Waals surface area contributed by atoms with Gasteiger partial charge in [-0.05, 0) is 48.0 Å². The second-order valence-corrected chi connectivity index (χ2v) is 8.24. The summed E-state index contributed by atoms with van der Waals surface area (Å²) >= 11 is 14.0. The first kappa shape index (κ1) is 20.5. The summed E-state index contributed by atoms with van der Waals surface area (Å²) in [4.78, 5) is 11.3. The fourth-order valence-corrected chi connectivity index (χ4v) is 4.33. The Morgan fingerprint density at radius 1 is 0.967 bits per heavy atom. The van der Waals surface area contributed by atoms with Crippen molar-refractivity contribution in [1.82, 2.24) is 14.8 Å². The molecule has 0 bridgehead atoms. The molecule has 5 nitrogen and oxygen atoms in total. The molecule has 3 aromatic carbocycles. The molecule has 0 aliphatic rings. The molecule has 0 fully saturated rings. The maximum absolute atomic E-state index is 11.3. The first-order valence-corrected chi connectivity index (χ1v) is 10.7. The predicted octanol–water partition coefficient (Wildman–Crippen LogP) is 5.63. The van der Waals surface area contributed by atoms with Crippen LogP contribution < -0.4 is 5.73 Å². The molecule has 0 unspecified atom stereocenters. The average molecular weight is 455 g/mol. The van der Waals surface area contributed by atoms with Crippen LogP contribution >= 0.6 is 35.0 Å². The summed E-state index contributed by atoms with van der Waals surface area (Å²) in [5.41, 5.74) is 8.50. The van der Waals surface area contributed by atoms with E-state index in [9.17, 15) is 4.79 Å². The summed E-state index contributed by atoms with van der Waals surface area (Å²) in [5, 5.41) is 10.6. The zero-order valence-electron chi connectivity index (χ0n) is 15.6. The summed E-state index contributed by atoms with van der Waals surface area (Å²) in [6.07, 6.45) is 0. The van der Waals surface area contributed by atoms with E-state index in [-0.39, 0.29) is 0 Å². The summed E-state index contributed by atoms with van der Waals surface area (Å²) in [7, 11) is 0. The van der Waals surface area contributed by atoms with E-state index in [0.717, 1.165) is 22.0 Å². The van der Waals surface area contributed by atoms with Crippen LogP contribution in [-0.2, 0) is 5.75 Å². The molecular weight excluding hydrogens is 439 g/mol. The number of carbonyl (C=O) groups is 1. The number of benzene rings is 3. The molecule has 0 saturated heterocycles. The van der Waals surface area contributed by atoms with Gasteiger partial charge in [0.1, 0.15) is 0 Å². The fourth-order valence-electron chi connectivity index (χ4n) is 2.93. The predicted molar refractivity (Wildman–Crippen MR) is 121 cm³/mol. The maximum atomic E-state index is 11.3. The molecule has 150 valence electrons. The molecule has 1 heterocycles. The molecule has 30 heavy (non-hydrogen) atoms. The quantitative estimate of drug-likeness (QED) is 0.383. The Kier molecular flexibility index (Phi) is 6.08. The van der Waals surface area contributed by atoms with Crippen molar-refractivity contribution in [2.24, 2.45) is 5.73 Å². The second-order valence-electron chi connectivity index (χ2n) is 6.45. The van der Waals surface area contributed by atoms with Crippen LogP contribution in [0.25, 0.3) is 17.1 Å². The third kappa shape index (κ3) is 4.36. The van der Waals surface area contributed by atoms with Gasteiger partial charge in [-0.1, -0.05) is 65.3 Å². The molecule has 8 heteroatoms. The van der Waals surface area contributed by atoms with E-state index in [0.29, 0.717) is 27.2 Å². The molecule has 2 N–H and O–H groups in total. The highest BCUT2D eigenvalue weighted by molar-refractivity contribution is 7.98. The topological polar surface area (TPSA) is 73.8 Å². The van der Waals surface area contributed by atoms with Gasteiger partial charge in [0.15, 0.2) is 11.0 Å². The third-order valence-electron chi connectivity index (χ3n) is 4.43. The lowest BCUT2D eigenvalue weighted by Gasteiger charge is -2.11. The van der Waals surface area contributed by atoms with Gasteiger partial charge in [-0.3, -0.25) is 9.36 Å². The van der Waals surface area contributed by atoms with E-state index < -0.39 is 5.91 Å². The monoisotopic (exact) mass is 454 g/mol. The lowest BCUT2D eigenvalue weighted by atomic mass is 10.1. The molecule has 4 aromatic rings. The molecule has 0 radical (unpaired) electrons. The number of nitrogens with zero attached hydrogens (tertiary/aromatic N) is 3. The number of para-hydroxylation sites is 1. The van der Waals surface area contributed by atoms with Crippen LogP contribution in [-0.4, -0.2) is 20.7 Å². The largest absolute Gasteiger partial charge is 0.366 e. The number of carbonyl (C=O) groups excluding carboxylic acids is 1. The van der Waals surface area contributed by atoms with E-state index in [1.165, 1.54) is 11.8 Å². The molecule has 4 rings (SSSR count). The maximum Gasteiger partial charge on any atom is 0.248 e. The van der Waals surface area contributed by atoms with Gasteiger partial charge in [-0.2, -0.15) is 0 Å². The number of aromatic nitrogens is 3. The zero-order chi connectivity index (χ0) is 21.1. The minimum atomic E-state index is -0.442. The standard InChI is InChI=1S/C22H16Cl2N4OS/c23-16-10-11-18(19(24)12-16)21-26-27-22(28(21)17-4-2-1-3-5-17)30-13-14-6-8-15(9-7-14)20(25)29/h1-12H,13H2,(H2,25,29). The molecule has 0 spiro atoms. The molecule has 0 aliphatic carbocycles. The Bertz CT molecular complexity index is 1190. The van der Waals surface area contributed by atoms with Crippen molar-refractivity contribution in [3.63, 3.8) is 0 Å². The smallest absolute Gasteiger partial charge is 0.248 e. The minimum absolute atomic E-state index is 0.442. The first-order chi connectivity index (χ1) is 14.5. The summed E-state index contributed by atoms with van der Waals surface area (Å²) in [6.45, 7) is 0. The van der Waals surface area contributed by atoms with Crippen molar-refractivity contribution in [3.05, 3.63) is 94.0 Å². The number of thioether (sulfide) groups is 1. The van der Waals surface area contributed by atoms with Crippen molar-refractivity contribution in [2.75, 3.05) is 0 Å². The number of halogens is 2. The van der Waals surface area contributed by atoms with Gasteiger partial charge >= 0.3 is 0 Å². The molecule has 0 atom stereocenters. The Hall–Kier alpha value is -2.80. The summed E-state index contributed by atoms with van der Waals surface area (Å²) < 4.78 is 1.97. The van der Waals surface area contributed by atoms with E-state index in [4.69, 9.17) is 28.9 Å². The molecule has 1 aromatic heterocycles. The number of rotatable bonds is 6. The lowest BCUT2D eigenvalue weighted by molar-refractivity contribution is 0.100. The molecule has 0 aliphatic heterocycles. The van der Waals surface area contributed by atoms with Crippen LogP contribution in [0.2, 0.25) is 10.0 Å². The summed E-state index contributed by atoms with van der Waals surface area (Å²) in [5.74, 6) is 0.843. The molecule has 1 amide bonds. The van der Waals surface area contributed by atoms with Crippen molar-refractivity contribution in [2.45, 2.75) is 10.9 Å². The third-order valence-corrected chi connectivity index (χ3v) is 5.97. The zero-order valence-corrected chi connectivity index (χ0v) is 18.0. The van der Waals surface area contributed by atoms with Gasteiger partial charge in [-0.25, -0.2) is 0 Å². The van der Waals surface area contributed by atoms with Crippen LogP contribution in [0.15, 0.2) is 78.0 Å². The normalized spacial score (nSPS) is 10.9. The Morgan fingerprint density at radius 3 is 2.37 bits per heavy atom. The van der Waals surface area contributed by atoms with Crippen molar-refractivity contribution >= 4 is 40.9 Å². The highest BCUT2D eigenvalue weighted by Gasteiger charge is 2.18. The van der Waals surface area contributed by atoms with Crippen LogP contribution in [0, 0.1) is 0 Å². The number of amides is 1. The fraction of sp³-hybridized carbons (Fsp3) is 0.0455. The van der Waals surface area contributed by atoms with Crippen LogP contribution in [0.1, 0.15) is 15.9 Å². The van der Waals surface area contributed by atoms with E-state index >= 15 is 0 Å². The molecular formula is C22H16Cl2N4OS. The highest BCUT2D eigenvalue weighted by atomic mass is 35.5.